The topological polar surface area (TPSA) is 124 Å². The summed E-state index contributed by atoms with van der Waals surface area (Å²) in [5.74, 6) is -0.252. The number of nitrogens with zero attached hydrogens (tertiary/aromatic N) is 1. The summed E-state index contributed by atoms with van der Waals surface area (Å²) in [6.45, 7) is 2.48. The van der Waals surface area contributed by atoms with Gasteiger partial charge in [-0.3, -0.25) is 4.79 Å². The van der Waals surface area contributed by atoms with Crippen molar-refractivity contribution in [2.75, 3.05) is 23.7 Å². The highest BCUT2D eigenvalue weighted by Crippen LogP contribution is 2.30. The van der Waals surface area contributed by atoms with Gasteiger partial charge in [0.05, 0.1) is 18.2 Å². The van der Waals surface area contributed by atoms with Gasteiger partial charge in [-0.1, -0.05) is 0 Å². The van der Waals surface area contributed by atoms with Crippen LogP contribution in [0.15, 0.2) is 47.1 Å². The van der Waals surface area contributed by atoms with Gasteiger partial charge in [-0.15, -0.1) is 0 Å². The minimum Gasteiger partial charge on any atom is -0.481 e. The Morgan fingerprint density at radius 2 is 1.82 bits per heavy atom. The second-order valence-electron chi connectivity index (χ2n) is 6.93. The van der Waals surface area contributed by atoms with Crippen molar-refractivity contribution < 1.29 is 23.9 Å². The van der Waals surface area contributed by atoms with E-state index in [-0.39, 0.29) is 25.2 Å². The summed E-state index contributed by atoms with van der Waals surface area (Å²) in [5.41, 5.74) is 0.207. The van der Waals surface area contributed by atoms with Gasteiger partial charge in [-0.2, -0.15) is 0 Å². The molecular formula is C19H22N4O5. The van der Waals surface area contributed by atoms with Crippen molar-refractivity contribution >= 4 is 29.4 Å². The summed E-state index contributed by atoms with van der Waals surface area (Å²) in [5, 5.41) is 17.3. The lowest BCUT2D eigenvalue weighted by atomic mass is 9.90. The second-order valence-corrected chi connectivity index (χ2v) is 6.93. The molecule has 9 nitrogen and oxygen atoms in total. The van der Waals surface area contributed by atoms with Crippen LogP contribution in [0.4, 0.5) is 21.0 Å². The Bertz CT molecular complexity index is 850. The van der Waals surface area contributed by atoms with E-state index in [0.29, 0.717) is 30.1 Å². The Kier molecular flexibility index (Phi) is 5.53. The van der Waals surface area contributed by atoms with Crippen LogP contribution in [0.2, 0.25) is 0 Å². The predicted octanol–water partition coefficient (Wildman–Crippen LogP) is 2.93. The molecule has 3 rings (SSSR count). The SMILES string of the molecule is CC1(C(=O)O)CCN(C(=O)Nc2ccc(NC(=O)NCc3ccco3)cc2)C1. The molecule has 0 radical (unpaired) electrons. The van der Waals surface area contributed by atoms with Crippen LogP contribution in [0.5, 0.6) is 0 Å². The fourth-order valence-corrected chi connectivity index (χ4v) is 2.90. The van der Waals surface area contributed by atoms with Crippen molar-refractivity contribution in [3.63, 3.8) is 0 Å². The van der Waals surface area contributed by atoms with Gasteiger partial charge >= 0.3 is 18.0 Å². The number of carbonyl (C=O) groups is 3. The van der Waals surface area contributed by atoms with Gasteiger partial charge in [-0.25, -0.2) is 9.59 Å². The summed E-state index contributed by atoms with van der Waals surface area (Å²) in [7, 11) is 0. The van der Waals surface area contributed by atoms with Crippen LogP contribution < -0.4 is 16.0 Å². The van der Waals surface area contributed by atoms with E-state index in [1.54, 1.807) is 43.3 Å². The van der Waals surface area contributed by atoms with E-state index in [0.717, 1.165) is 0 Å². The van der Waals surface area contributed by atoms with Gasteiger partial charge < -0.3 is 30.4 Å². The van der Waals surface area contributed by atoms with E-state index in [4.69, 9.17) is 4.42 Å². The quantitative estimate of drug-likeness (QED) is 0.629. The van der Waals surface area contributed by atoms with E-state index in [1.807, 2.05) is 0 Å². The second kappa shape index (κ2) is 8.03. The normalized spacial score (nSPS) is 18.5. The van der Waals surface area contributed by atoms with Gasteiger partial charge in [0, 0.05) is 24.5 Å². The minimum atomic E-state index is -0.909. The fraction of sp³-hybridized carbons (Fsp3) is 0.316. The number of nitrogens with one attached hydrogen (secondary N) is 3. The summed E-state index contributed by atoms with van der Waals surface area (Å²) in [4.78, 5) is 37.0. The molecule has 148 valence electrons. The first kappa shape index (κ1) is 19.3. The number of furan rings is 1. The Hall–Kier alpha value is -3.49. The molecule has 4 amide bonds. The number of hydrogen-bond donors (Lipinski definition) is 4. The molecule has 1 saturated heterocycles. The fourth-order valence-electron chi connectivity index (χ4n) is 2.90. The zero-order valence-electron chi connectivity index (χ0n) is 15.4. The number of carbonyl (C=O) groups excluding carboxylic acids is 2. The maximum Gasteiger partial charge on any atom is 0.321 e. The van der Waals surface area contributed by atoms with Crippen LogP contribution in [0.25, 0.3) is 0 Å². The number of urea groups is 2. The molecule has 1 fully saturated rings. The molecule has 0 bridgehead atoms. The van der Waals surface area contributed by atoms with Gasteiger partial charge in [0.25, 0.3) is 0 Å². The first-order valence-electron chi connectivity index (χ1n) is 8.82. The smallest absolute Gasteiger partial charge is 0.321 e. The van der Waals surface area contributed by atoms with Crippen LogP contribution in [-0.4, -0.2) is 41.1 Å². The molecule has 1 atom stereocenters. The lowest BCUT2D eigenvalue weighted by Crippen LogP contribution is -2.37. The predicted molar refractivity (Wildman–Crippen MR) is 102 cm³/mol. The van der Waals surface area contributed by atoms with E-state index in [9.17, 15) is 19.5 Å². The maximum atomic E-state index is 12.3. The molecule has 0 spiro atoms. The van der Waals surface area contributed by atoms with Gasteiger partial charge in [0.2, 0.25) is 0 Å². The molecule has 2 aromatic rings. The first-order valence-corrected chi connectivity index (χ1v) is 8.82. The molecule has 28 heavy (non-hydrogen) atoms. The third kappa shape index (κ3) is 4.61. The third-order valence-corrected chi connectivity index (χ3v) is 4.67. The highest BCUT2D eigenvalue weighted by atomic mass is 16.4. The van der Waals surface area contributed by atoms with E-state index in [1.165, 1.54) is 11.2 Å². The number of anilines is 2. The summed E-state index contributed by atoms with van der Waals surface area (Å²) < 4.78 is 5.14. The van der Waals surface area contributed by atoms with Crippen LogP contribution >= 0.6 is 0 Å². The highest BCUT2D eigenvalue weighted by molar-refractivity contribution is 5.92. The Morgan fingerprint density at radius 3 is 2.39 bits per heavy atom. The monoisotopic (exact) mass is 386 g/mol. The Balaban J connectivity index is 1.48. The molecule has 1 aliphatic heterocycles. The van der Waals surface area contributed by atoms with E-state index >= 15 is 0 Å². The van der Waals surface area contributed by atoms with Gasteiger partial charge in [-0.05, 0) is 49.7 Å². The molecule has 9 heteroatoms. The van der Waals surface area contributed by atoms with Crippen molar-refractivity contribution in [3.8, 4) is 0 Å². The van der Waals surface area contributed by atoms with Gasteiger partial charge in [0.15, 0.2) is 0 Å². The number of amides is 4. The van der Waals surface area contributed by atoms with Gasteiger partial charge in [0.1, 0.15) is 5.76 Å². The van der Waals surface area contributed by atoms with Crippen LogP contribution in [-0.2, 0) is 11.3 Å². The standard InChI is InChI=1S/C19H22N4O5/c1-19(16(24)25)8-9-23(12-19)18(27)22-14-6-4-13(5-7-14)21-17(26)20-11-15-3-2-10-28-15/h2-7,10H,8-9,11-12H2,1H3,(H,22,27)(H,24,25)(H2,20,21,26). The lowest BCUT2D eigenvalue weighted by Gasteiger charge is -2.20. The largest absolute Gasteiger partial charge is 0.481 e. The number of carboxylic acids is 1. The third-order valence-electron chi connectivity index (χ3n) is 4.67. The summed E-state index contributed by atoms with van der Waals surface area (Å²) >= 11 is 0. The van der Waals surface area contributed by atoms with Crippen LogP contribution in [0, 0.1) is 5.41 Å². The van der Waals surface area contributed by atoms with Crippen molar-refractivity contribution in [2.45, 2.75) is 19.9 Å². The molecule has 1 aromatic heterocycles. The summed E-state index contributed by atoms with van der Waals surface area (Å²) in [6.07, 6.45) is 1.96. The summed E-state index contributed by atoms with van der Waals surface area (Å²) in [6, 6.07) is 9.42. The van der Waals surface area contributed by atoms with Crippen molar-refractivity contribution in [2.24, 2.45) is 5.41 Å². The number of carboxylic acid groups (broad SMARTS) is 1. The number of likely N-dealkylation sites (tertiary alicyclic amines) is 1. The molecule has 1 aliphatic rings. The number of hydrogen-bond acceptors (Lipinski definition) is 4. The first-order chi connectivity index (χ1) is 13.4. The number of rotatable bonds is 5. The average molecular weight is 386 g/mol. The molecule has 2 heterocycles. The maximum absolute atomic E-state index is 12.3. The van der Waals surface area contributed by atoms with Crippen LogP contribution in [0.3, 0.4) is 0 Å². The highest BCUT2D eigenvalue weighted by Gasteiger charge is 2.42. The van der Waals surface area contributed by atoms with Crippen LogP contribution in [0.1, 0.15) is 19.1 Å². The van der Waals surface area contributed by atoms with Crippen molar-refractivity contribution in [3.05, 3.63) is 48.4 Å². The Labute approximate surface area is 161 Å². The van der Waals surface area contributed by atoms with Crippen molar-refractivity contribution in [1.29, 1.82) is 0 Å². The van der Waals surface area contributed by atoms with E-state index < -0.39 is 11.4 Å². The lowest BCUT2D eigenvalue weighted by molar-refractivity contribution is -0.146. The molecular weight excluding hydrogens is 364 g/mol. The molecule has 0 saturated carbocycles. The Morgan fingerprint density at radius 1 is 1.14 bits per heavy atom. The van der Waals surface area contributed by atoms with E-state index in [2.05, 4.69) is 16.0 Å². The van der Waals surface area contributed by atoms with Crippen molar-refractivity contribution in [1.82, 2.24) is 10.2 Å². The zero-order chi connectivity index (χ0) is 20.1. The number of aliphatic carboxylic acids is 1. The molecule has 1 aromatic carbocycles. The average Bonchev–Trinajstić information content (AvgIpc) is 3.32. The molecule has 1 unspecified atom stereocenters. The minimum absolute atomic E-state index is 0.170. The number of benzene rings is 1. The zero-order valence-corrected chi connectivity index (χ0v) is 15.4. The molecule has 4 N–H and O–H groups in total. The molecule has 0 aliphatic carbocycles.